The number of hydrogen-bond acceptors (Lipinski definition) is 2. The lowest BCUT2D eigenvalue weighted by molar-refractivity contribution is 0.593. The molecule has 0 aliphatic carbocycles. The Hall–Kier alpha value is -0.390. The van der Waals surface area contributed by atoms with Crippen LogP contribution >= 0.6 is 33.9 Å². The van der Waals surface area contributed by atoms with E-state index in [4.69, 9.17) is 0 Å². The van der Waals surface area contributed by atoms with Crippen molar-refractivity contribution < 1.29 is 0 Å². The quantitative estimate of drug-likeness (QED) is 0.760. The Kier molecular flexibility index (Phi) is 4.81. The minimum atomic E-state index is 0.537. The van der Waals surface area contributed by atoms with E-state index >= 15 is 0 Å². The SMILES string of the molecule is Cc1c(I)cccc1-c1ccc(CNC(C)C)s1. The van der Waals surface area contributed by atoms with Crippen molar-refractivity contribution in [3.05, 3.63) is 44.3 Å². The second kappa shape index (κ2) is 6.17. The van der Waals surface area contributed by atoms with Gasteiger partial charge in [0.1, 0.15) is 0 Å². The Morgan fingerprint density at radius 3 is 2.72 bits per heavy atom. The fourth-order valence-corrected chi connectivity index (χ4v) is 3.34. The average molecular weight is 371 g/mol. The Balaban J connectivity index is 2.21. The van der Waals surface area contributed by atoms with Gasteiger partial charge in [0, 0.05) is 25.9 Å². The molecule has 1 aromatic carbocycles. The van der Waals surface area contributed by atoms with Gasteiger partial charge in [0.2, 0.25) is 0 Å². The van der Waals surface area contributed by atoms with E-state index in [9.17, 15) is 0 Å². The summed E-state index contributed by atoms with van der Waals surface area (Å²) in [6.45, 7) is 7.52. The summed E-state index contributed by atoms with van der Waals surface area (Å²) in [5, 5.41) is 3.46. The highest BCUT2D eigenvalue weighted by molar-refractivity contribution is 14.1. The average Bonchev–Trinajstić information content (AvgIpc) is 2.78. The largest absolute Gasteiger partial charge is 0.310 e. The maximum Gasteiger partial charge on any atom is 0.0349 e. The monoisotopic (exact) mass is 371 g/mol. The molecule has 0 unspecified atom stereocenters. The third kappa shape index (κ3) is 3.33. The van der Waals surface area contributed by atoms with Crippen molar-refractivity contribution in [3.63, 3.8) is 0 Å². The van der Waals surface area contributed by atoms with Crippen molar-refractivity contribution in [1.82, 2.24) is 5.32 Å². The van der Waals surface area contributed by atoms with Gasteiger partial charge in [-0.05, 0) is 58.8 Å². The molecule has 0 bridgehead atoms. The normalized spacial score (nSPS) is 11.2. The van der Waals surface area contributed by atoms with Gasteiger partial charge in [0.15, 0.2) is 0 Å². The smallest absolute Gasteiger partial charge is 0.0349 e. The van der Waals surface area contributed by atoms with Crippen LogP contribution in [-0.4, -0.2) is 6.04 Å². The number of nitrogens with one attached hydrogen (secondary N) is 1. The number of rotatable bonds is 4. The molecule has 1 aromatic heterocycles. The van der Waals surface area contributed by atoms with E-state index in [1.807, 2.05) is 11.3 Å². The van der Waals surface area contributed by atoms with Crippen LogP contribution in [0.1, 0.15) is 24.3 Å². The summed E-state index contributed by atoms with van der Waals surface area (Å²) in [5.41, 5.74) is 2.74. The molecule has 0 amide bonds. The van der Waals surface area contributed by atoms with Crippen LogP contribution in [0.25, 0.3) is 10.4 Å². The Morgan fingerprint density at radius 2 is 2.00 bits per heavy atom. The van der Waals surface area contributed by atoms with Crippen LogP contribution in [-0.2, 0) is 6.54 Å². The Morgan fingerprint density at radius 1 is 1.22 bits per heavy atom. The molecule has 0 saturated heterocycles. The van der Waals surface area contributed by atoms with Gasteiger partial charge in [-0.1, -0.05) is 26.0 Å². The third-order valence-corrected chi connectivity index (χ3v) is 5.17. The summed E-state index contributed by atoms with van der Waals surface area (Å²) in [4.78, 5) is 2.77. The van der Waals surface area contributed by atoms with Gasteiger partial charge in [0.25, 0.3) is 0 Å². The third-order valence-electron chi connectivity index (χ3n) is 2.88. The van der Waals surface area contributed by atoms with Crippen molar-refractivity contribution in [3.8, 4) is 10.4 Å². The van der Waals surface area contributed by atoms with Crippen LogP contribution in [0.4, 0.5) is 0 Å². The van der Waals surface area contributed by atoms with Gasteiger partial charge in [-0.3, -0.25) is 0 Å². The summed E-state index contributed by atoms with van der Waals surface area (Å²) >= 11 is 4.29. The van der Waals surface area contributed by atoms with Crippen LogP contribution < -0.4 is 5.32 Å². The second-order valence-corrected chi connectivity index (χ2v) is 7.04. The minimum Gasteiger partial charge on any atom is -0.310 e. The van der Waals surface area contributed by atoms with E-state index in [2.05, 4.69) is 79.0 Å². The first-order valence-corrected chi connectivity index (χ1v) is 8.05. The van der Waals surface area contributed by atoms with Crippen LogP contribution in [0, 0.1) is 10.5 Å². The molecule has 2 aromatic rings. The van der Waals surface area contributed by atoms with E-state index in [0.717, 1.165) is 6.54 Å². The Bertz CT molecular complexity index is 531. The molecule has 96 valence electrons. The van der Waals surface area contributed by atoms with Crippen molar-refractivity contribution in [2.75, 3.05) is 0 Å². The maximum atomic E-state index is 3.46. The standard InChI is InChI=1S/C15H18INS/c1-10(2)17-9-12-7-8-15(18-12)13-5-4-6-14(16)11(13)3/h4-8,10,17H,9H2,1-3H3. The molecule has 18 heavy (non-hydrogen) atoms. The molecule has 3 heteroatoms. The molecule has 0 atom stereocenters. The van der Waals surface area contributed by atoms with E-state index in [-0.39, 0.29) is 0 Å². The first-order valence-electron chi connectivity index (χ1n) is 6.15. The Labute approximate surface area is 127 Å². The molecule has 0 saturated carbocycles. The summed E-state index contributed by atoms with van der Waals surface area (Å²) < 4.78 is 1.33. The molecule has 0 aliphatic heterocycles. The molecular formula is C15H18INS. The highest BCUT2D eigenvalue weighted by atomic mass is 127. The first-order chi connectivity index (χ1) is 8.58. The molecule has 0 spiro atoms. The second-order valence-electron chi connectivity index (χ2n) is 4.71. The van der Waals surface area contributed by atoms with E-state index in [0.29, 0.717) is 6.04 Å². The summed E-state index contributed by atoms with van der Waals surface area (Å²) in [5.74, 6) is 0. The van der Waals surface area contributed by atoms with Gasteiger partial charge in [-0.15, -0.1) is 11.3 Å². The highest BCUT2D eigenvalue weighted by Gasteiger charge is 2.07. The number of hydrogen-bond donors (Lipinski definition) is 1. The van der Waals surface area contributed by atoms with E-state index < -0.39 is 0 Å². The lowest BCUT2D eigenvalue weighted by Crippen LogP contribution is -2.21. The lowest BCUT2D eigenvalue weighted by atomic mass is 10.1. The predicted octanol–water partition coefficient (Wildman–Crippen LogP) is 4.83. The number of thiophene rings is 1. The van der Waals surface area contributed by atoms with Crippen molar-refractivity contribution in [2.24, 2.45) is 0 Å². The predicted molar refractivity (Wildman–Crippen MR) is 89.2 cm³/mol. The molecule has 0 aliphatic rings. The zero-order valence-corrected chi connectivity index (χ0v) is 13.9. The molecule has 0 radical (unpaired) electrons. The number of benzene rings is 1. The molecule has 1 N–H and O–H groups in total. The highest BCUT2D eigenvalue weighted by Crippen LogP contribution is 2.32. The van der Waals surface area contributed by atoms with Crippen LogP contribution in [0.3, 0.4) is 0 Å². The van der Waals surface area contributed by atoms with Crippen LogP contribution in [0.5, 0.6) is 0 Å². The van der Waals surface area contributed by atoms with Gasteiger partial charge in [-0.2, -0.15) is 0 Å². The minimum absolute atomic E-state index is 0.537. The molecule has 0 fully saturated rings. The topological polar surface area (TPSA) is 12.0 Å². The molecule has 2 rings (SSSR count). The number of halogens is 1. The zero-order chi connectivity index (χ0) is 13.1. The fraction of sp³-hybridized carbons (Fsp3) is 0.333. The zero-order valence-electron chi connectivity index (χ0n) is 11.0. The van der Waals surface area contributed by atoms with Crippen LogP contribution in [0.2, 0.25) is 0 Å². The van der Waals surface area contributed by atoms with Crippen molar-refractivity contribution >= 4 is 33.9 Å². The van der Waals surface area contributed by atoms with Crippen LogP contribution in [0.15, 0.2) is 30.3 Å². The van der Waals surface area contributed by atoms with Gasteiger partial charge in [-0.25, -0.2) is 0 Å². The molecular weight excluding hydrogens is 353 g/mol. The van der Waals surface area contributed by atoms with E-state index in [1.54, 1.807) is 0 Å². The first kappa shape index (κ1) is 14.0. The maximum absolute atomic E-state index is 3.46. The summed E-state index contributed by atoms with van der Waals surface area (Å²) in [6, 6.07) is 11.5. The van der Waals surface area contributed by atoms with Crippen molar-refractivity contribution in [2.45, 2.75) is 33.4 Å². The summed E-state index contributed by atoms with van der Waals surface area (Å²) in [6.07, 6.45) is 0. The summed E-state index contributed by atoms with van der Waals surface area (Å²) in [7, 11) is 0. The van der Waals surface area contributed by atoms with E-state index in [1.165, 1.54) is 24.5 Å². The fourth-order valence-electron chi connectivity index (χ4n) is 1.80. The van der Waals surface area contributed by atoms with Gasteiger partial charge < -0.3 is 5.32 Å². The van der Waals surface area contributed by atoms with Crippen molar-refractivity contribution in [1.29, 1.82) is 0 Å². The lowest BCUT2D eigenvalue weighted by Gasteiger charge is -2.06. The van der Waals surface area contributed by atoms with Gasteiger partial charge >= 0.3 is 0 Å². The molecule has 1 heterocycles. The van der Waals surface area contributed by atoms with Gasteiger partial charge in [0.05, 0.1) is 0 Å². The molecule has 1 nitrogen and oxygen atoms in total.